The van der Waals surface area contributed by atoms with Crippen LogP contribution in [-0.2, 0) is 6.42 Å². The Labute approximate surface area is 127 Å². The highest BCUT2D eigenvalue weighted by Crippen LogP contribution is 2.25. The molecule has 0 saturated carbocycles. The zero-order valence-corrected chi connectivity index (χ0v) is 12.9. The van der Waals surface area contributed by atoms with E-state index in [4.69, 9.17) is 35.4 Å². The van der Waals surface area contributed by atoms with E-state index in [1.165, 1.54) is 0 Å². The molecule has 0 spiro atoms. The predicted octanol–water partition coefficient (Wildman–Crippen LogP) is 4.31. The number of imidazole rings is 1. The number of halogens is 2. The summed E-state index contributed by atoms with van der Waals surface area (Å²) in [5.41, 5.74) is 1.66. The van der Waals surface area contributed by atoms with Crippen molar-refractivity contribution in [3.63, 3.8) is 0 Å². The van der Waals surface area contributed by atoms with Crippen LogP contribution in [-0.4, -0.2) is 14.7 Å². The van der Waals surface area contributed by atoms with Crippen LogP contribution >= 0.6 is 35.4 Å². The zero-order chi connectivity index (χ0) is 14.0. The Kier molecular flexibility index (Phi) is 4.45. The van der Waals surface area contributed by atoms with Crippen molar-refractivity contribution in [2.24, 2.45) is 0 Å². The third-order valence-electron chi connectivity index (χ3n) is 2.61. The van der Waals surface area contributed by atoms with Gasteiger partial charge in [0.05, 0.1) is 16.4 Å². The number of aromatic nitrogens is 2. The van der Waals surface area contributed by atoms with Gasteiger partial charge in [0.2, 0.25) is 0 Å². The summed E-state index contributed by atoms with van der Waals surface area (Å²) in [7, 11) is 0. The molecule has 6 heteroatoms. The summed E-state index contributed by atoms with van der Waals surface area (Å²) in [5, 5.41) is 4.77. The third-order valence-corrected chi connectivity index (χ3v) is 3.45. The fourth-order valence-electron chi connectivity index (χ4n) is 1.74. The quantitative estimate of drug-likeness (QED) is 0.838. The standard InChI is InChI=1S/C13H13Cl2N3S/c1-3-12-16-8(2)7-18(12)13(19)17-11-5-4-9(14)6-10(11)15/h4-7H,3H2,1-2H3,(H,17,19). The van der Waals surface area contributed by atoms with E-state index in [0.29, 0.717) is 15.2 Å². The molecular weight excluding hydrogens is 301 g/mol. The minimum absolute atomic E-state index is 0.532. The number of anilines is 1. The van der Waals surface area contributed by atoms with E-state index in [1.54, 1.807) is 18.2 Å². The van der Waals surface area contributed by atoms with E-state index in [2.05, 4.69) is 10.3 Å². The molecule has 0 aliphatic rings. The Morgan fingerprint density at radius 3 is 2.79 bits per heavy atom. The van der Waals surface area contributed by atoms with Gasteiger partial charge in [0, 0.05) is 17.6 Å². The molecular formula is C13H13Cl2N3S. The highest BCUT2D eigenvalue weighted by molar-refractivity contribution is 7.80. The average Bonchev–Trinajstić information content (AvgIpc) is 2.74. The van der Waals surface area contributed by atoms with Crippen LogP contribution < -0.4 is 5.32 Å². The Balaban J connectivity index is 2.25. The van der Waals surface area contributed by atoms with E-state index < -0.39 is 0 Å². The van der Waals surface area contributed by atoms with Crippen molar-refractivity contribution in [1.82, 2.24) is 9.55 Å². The number of nitrogens with zero attached hydrogens (tertiary/aromatic N) is 2. The second-order valence-electron chi connectivity index (χ2n) is 4.08. The topological polar surface area (TPSA) is 29.9 Å². The highest BCUT2D eigenvalue weighted by atomic mass is 35.5. The van der Waals surface area contributed by atoms with Crippen molar-refractivity contribution in [1.29, 1.82) is 0 Å². The summed E-state index contributed by atoms with van der Waals surface area (Å²) in [6, 6.07) is 5.23. The number of nitrogens with one attached hydrogen (secondary N) is 1. The molecule has 3 nitrogen and oxygen atoms in total. The summed E-state index contributed by atoms with van der Waals surface area (Å²) >= 11 is 17.4. The number of hydrogen-bond donors (Lipinski definition) is 1. The molecule has 0 unspecified atom stereocenters. The largest absolute Gasteiger partial charge is 0.331 e. The maximum absolute atomic E-state index is 6.11. The molecule has 0 atom stereocenters. The van der Waals surface area contributed by atoms with E-state index in [-0.39, 0.29) is 0 Å². The predicted molar refractivity (Wildman–Crippen MR) is 84.4 cm³/mol. The summed E-state index contributed by atoms with van der Waals surface area (Å²) < 4.78 is 1.86. The van der Waals surface area contributed by atoms with Crippen LogP contribution in [0.3, 0.4) is 0 Å². The Morgan fingerprint density at radius 2 is 2.16 bits per heavy atom. The van der Waals surface area contributed by atoms with Crippen molar-refractivity contribution in [2.45, 2.75) is 20.3 Å². The SMILES string of the molecule is CCc1nc(C)cn1C(=S)Nc1ccc(Cl)cc1Cl. The molecule has 2 aromatic rings. The van der Waals surface area contributed by atoms with E-state index in [9.17, 15) is 0 Å². The molecule has 1 heterocycles. The first-order valence-electron chi connectivity index (χ1n) is 5.82. The molecule has 0 aliphatic carbocycles. The Hall–Kier alpha value is -1.10. The summed E-state index contributed by atoms with van der Waals surface area (Å²) in [4.78, 5) is 4.41. The van der Waals surface area contributed by atoms with Crippen LogP contribution in [0.25, 0.3) is 0 Å². The van der Waals surface area contributed by atoms with Crippen LogP contribution in [0, 0.1) is 6.92 Å². The minimum atomic E-state index is 0.532. The zero-order valence-electron chi connectivity index (χ0n) is 10.6. The maximum Gasteiger partial charge on any atom is 0.183 e. The lowest BCUT2D eigenvalue weighted by Gasteiger charge is -2.12. The van der Waals surface area contributed by atoms with Crippen molar-refractivity contribution in [3.8, 4) is 0 Å². The molecule has 19 heavy (non-hydrogen) atoms. The lowest BCUT2D eigenvalue weighted by Crippen LogP contribution is -2.20. The number of benzene rings is 1. The van der Waals surface area contributed by atoms with Gasteiger partial charge >= 0.3 is 0 Å². The molecule has 0 saturated heterocycles. The van der Waals surface area contributed by atoms with Gasteiger partial charge in [-0.1, -0.05) is 30.1 Å². The van der Waals surface area contributed by atoms with E-state index in [1.807, 2.05) is 24.6 Å². The van der Waals surface area contributed by atoms with E-state index >= 15 is 0 Å². The van der Waals surface area contributed by atoms with Gasteiger partial charge in [-0.2, -0.15) is 0 Å². The highest BCUT2D eigenvalue weighted by Gasteiger charge is 2.10. The second-order valence-corrected chi connectivity index (χ2v) is 5.31. The average molecular weight is 314 g/mol. The summed E-state index contributed by atoms with van der Waals surface area (Å²) in [5.74, 6) is 0.917. The molecule has 0 aliphatic heterocycles. The second kappa shape index (κ2) is 5.90. The van der Waals surface area contributed by atoms with Crippen LogP contribution in [0.4, 0.5) is 5.69 Å². The van der Waals surface area contributed by atoms with Gasteiger partial charge in [0.25, 0.3) is 0 Å². The monoisotopic (exact) mass is 313 g/mol. The molecule has 0 amide bonds. The van der Waals surface area contributed by atoms with E-state index in [0.717, 1.165) is 23.6 Å². The van der Waals surface area contributed by atoms with Gasteiger partial charge in [-0.05, 0) is 37.3 Å². The van der Waals surface area contributed by atoms with Crippen LogP contribution in [0.2, 0.25) is 10.0 Å². The summed E-state index contributed by atoms with van der Waals surface area (Å²) in [6.45, 7) is 3.98. The number of aryl methyl sites for hydroxylation is 2. The smallest absolute Gasteiger partial charge is 0.183 e. The molecule has 1 aromatic heterocycles. The Morgan fingerprint density at radius 1 is 1.42 bits per heavy atom. The first-order valence-corrected chi connectivity index (χ1v) is 6.99. The molecule has 1 aromatic carbocycles. The first kappa shape index (κ1) is 14.3. The van der Waals surface area contributed by atoms with Crippen molar-refractivity contribution in [2.75, 3.05) is 5.32 Å². The normalized spacial score (nSPS) is 10.5. The molecule has 2 rings (SSSR count). The van der Waals surface area contributed by atoms with Gasteiger partial charge in [-0.15, -0.1) is 0 Å². The van der Waals surface area contributed by atoms with Crippen molar-refractivity contribution >= 4 is 46.2 Å². The van der Waals surface area contributed by atoms with Gasteiger partial charge in [0.1, 0.15) is 5.82 Å². The lowest BCUT2D eigenvalue weighted by atomic mass is 10.3. The fourth-order valence-corrected chi connectivity index (χ4v) is 2.46. The maximum atomic E-state index is 6.11. The van der Waals surface area contributed by atoms with Crippen molar-refractivity contribution in [3.05, 3.63) is 46.0 Å². The lowest BCUT2D eigenvalue weighted by molar-refractivity contribution is 0.927. The van der Waals surface area contributed by atoms with Gasteiger partial charge < -0.3 is 5.32 Å². The number of rotatable bonds is 2. The molecule has 1 N–H and O–H groups in total. The van der Waals surface area contributed by atoms with Gasteiger partial charge in [0.15, 0.2) is 5.11 Å². The van der Waals surface area contributed by atoms with Crippen LogP contribution in [0.1, 0.15) is 18.4 Å². The number of hydrogen-bond acceptors (Lipinski definition) is 2. The minimum Gasteiger partial charge on any atom is -0.331 e. The fraction of sp³-hybridized carbons (Fsp3) is 0.231. The molecule has 0 fully saturated rings. The molecule has 0 radical (unpaired) electrons. The number of thiocarbonyl (C=S) groups is 1. The molecule has 100 valence electrons. The van der Waals surface area contributed by atoms with Crippen molar-refractivity contribution < 1.29 is 0 Å². The molecule has 0 bridgehead atoms. The van der Waals surface area contributed by atoms with Crippen LogP contribution in [0.5, 0.6) is 0 Å². The Bertz CT molecular complexity index is 622. The van der Waals surface area contributed by atoms with Gasteiger partial charge in [-0.25, -0.2) is 4.98 Å². The first-order chi connectivity index (χ1) is 9.01. The third kappa shape index (κ3) is 3.26. The van der Waals surface area contributed by atoms with Gasteiger partial charge in [-0.3, -0.25) is 4.57 Å². The summed E-state index contributed by atoms with van der Waals surface area (Å²) in [6.07, 6.45) is 2.71. The van der Waals surface area contributed by atoms with Crippen LogP contribution in [0.15, 0.2) is 24.4 Å².